The van der Waals surface area contributed by atoms with Crippen LogP contribution in [-0.2, 0) is 20.7 Å². The van der Waals surface area contributed by atoms with Gasteiger partial charge in [0.2, 0.25) is 5.91 Å². The number of amides is 1. The lowest BCUT2D eigenvalue weighted by Crippen LogP contribution is -2.41. The van der Waals surface area contributed by atoms with E-state index >= 15 is 0 Å². The lowest BCUT2D eigenvalue weighted by atomic mass is 9.88. The van der Waals surface area contributed by atoms with E-state index in [1.807, 2.05) is 13.0 Å². The summed E-state index contributed by atoms with van der Waals surface area (Å²) in [5, 5.41) is 9.46. The second kappa shape index (κ2) is 7.75. The molecule has 1 aliphatic heterocycles. The van der Waals surface area contributed by atoms with E-state index in [4.69, 9.17) is 4.74 Å². The number of carboxylic acid groups (broad SMARTS) is 1. The van der Waals surface area contributed by atoms with Crippen LogP contribution in [0.15, 0.2) is 24.3 Å². The van der Waals surface area contributed by atoms with Crippen molar-refractivity contribution in [1.29, 1.82) is 0 Å². The first-order valence-corrected chi connectivity index (χ1v) is 8.13. The molecular formula is C18H24FNO4. The molecule has 1 saturated heterocycles. The standard InChI is InChI=1S/C18H24FNO4/c1-13(6-7-14-4-3-5-15(19)10-14)16(21)20-9-8-18(11-20,12-24-2)17(22)23/h3-5,10,13H,6-9,11-12H2,1-2H3,(H,22,23). The number of likely N-dealkylation sites (tertiary alicyclic amines) is 1. The average Bonchev–Trinajstić information content (AvgIpc) is 2.98. The maximum absolute atomic E-state index is 13.2. The first-order chi connectivity index (χ1) is 11.4. The molecule has 6 heteroatoms. The number of carbonyl (C=O) groups is 2. The van der Waals surface area contributed by atoms with Crippen LogP contribution in [0.4, 0.5) is 4.39 Å². The van der Waals surface area contributed by atoms with Crippen molar-refractivity contribution in [2.24, 2.45) is 11.3 Å². The molecule has 1 N–H and O–H groups in total. The van der Waals surface area contributed by atoms with Crippen molar-refractivity contribution >= 4 is 11.9 Å². The van der Waals surface area contributed by atoms with E-state index in [9.17, 15) is 19.1 Å². The number of rotatable bonds is 7. The Morgan fingerprint density at radius 2 is 2.21 bits per heavy atom. The zero-order chi connectivity index (χ0) is 17.7. The summed E-state index contributed by atoms with van der Waals surface area (Å²) < 4.78 is 18.2. The van der Waals surface area contributed by atoms with Crippen molar-refractivity contribution in [3.8, 4) is 0 Å². The van der Waals surface area contributed by atoms with Gasteiger partial charge in [0.25, 0.3) is 0 Å². The van der Waals surface area contributed by atoms with Crippen molar-refractivity contribution < 1.29 is 23.8 Å². The first kappa shape index (κ1) is 18.4. The minimum absolute atomic E-state index is 0.0503. The number of nitrogens with zero attached hydrogens (tertiary/aromatic N) is 1. The van der Waals surface area contributed by atoms with Gasteiger partial charge in [-0.15, -0.1) is 0 Å². The van der Waals surface area contributed by atoms with Crippen LogP contribution in [0.25, 0.3) is 0 Å². The van der Waals surface area contributed by atoms with Crippen LogP contribution < -0.4 is 0 Å². The molecule has 132 valence electrons. The summed E-state index contributed by atoms with van der Waals surface area (Å²) in [6.45, 7) is 2.54. The fraction of sp³-hybridized carbons (Fsp3) is 0.556. The average molecular weight is 337 g/mol. The predicted octanol–water partition coefficient (Wildman–Crippen LogP) is 2.34. The Morgan fingerprint density at radius 1 is 1.46 bits per heavy atom. The monoisotopic (exact) mass is 337 g/mol. The van der Waals surface area contributed by atoms with E-state index < -0.39 is 11.4 Å². The third-order valence-electron chi connectivity index (χ3n) is 4.72. The number of halogens is 1. The minimum atomic E-state index is -1.01. The third kappa shape index (κ3) is 4.12. The molecule has 0 aromatic heterocycles. The van der Waals surface area contributed by atoms with E-state index in [2.05, 4.69) is 0 Å². The van der Waals surface area contributed by atoms with E-state index in [1.54, 1.807) is 11.0 Å². The van der Waals surface area contributed by atoms with Crippen molar-refractivity contribution in [3.63, 3.8) is 0 Å². The summed E-state index contributed by atoms with van der Waals surface area (Å²) in [5.41, 5.74) is -0.150. The molecule has 1 fully saturated rings. The van der Waals surface area contributed by atoms with Crippen LogP contribution in [0.3, 0.4) is 0 Å². The lowest BCUT2D eigenvalue weighted by molar-refractivity contribution is -0.151. The molecule has 2 atom stereocenters. The highest BCUT2D eigenvalue weighted by atomic mass is 19.1. The quantitative estimate of drug-likeness (QED) is 0.829. The Morgan fingerprint density at radius 3 is 2.83 bits per heavy atom. The van der Waals surface area contributed by atoms with Gasteiger partial charge in [-0.2, -0.15) is 0 Å². The molecule has 1 aromatic carbocycles. The number of hydrogen-bond donors (Lipinski definition) is 1. The number of aliphatic carboxylic acids is 1. The Hall–Kier alpha value is -1.95. The molecule has 0 aliphatic carbocycles. The number of carbonyl (C=O) groups excluding carboxylic acids is 1. The van der Waals surface area contributed by atoms with Crippen LogP contribution in [0.2, 0.25) is 0 Å². The van der Waals surface area contributed by atoms with Crippen LogP contribution in [-0.4, -0.2) is 48.7 Å². The molecule has 0 radical (unpaired) electrons. The summed E-state index contributed by atoms with van der Waals surface area (Å²) in [6, 6.07) is 6.36. The predicted molar refractivity (Wildman–Crippen MR) is 87.0 cm³/mol. The largest absolute Gasteiger partial charge is 0.481 e. The third-order valence-corrected chi connectivity index (χ3v) is 4.72. The minimum Gasteiger partial charge on any atom is -0.481 e. The van der Waals surface area contributed by atoms with Crippen LogP contribution in [0.5, 0.6) is 0 Å². The molecule has 0 bridgehead atoms. The van der Waals surface area contributed by atoms with Crippen LogP contribution in [0, 0.1) is 17.2 Å². The van der Waals surface area contributed by atoms with Gasteiger partial charge >= 0.3 is 5.97 Å². The van der Waals surface area contributed by atoms with Gasteiger partial charge in [0.1, 0.15) is 11.2 Å². The zero-order valence-electron chi connectivity index (χ0n) is 14.1. The molecule has 1 aromatic rings. The van der Waals surface area contributed by atoms with Gasteiger partial charge in [-0.05, 0) is 37.0 Å². The Labute approximate surface area is 141 Å². The van der Waals surface area contributed by atoms with Crippen LogP contribution >= 0.6 is 0 Å². The van der Waals surface area contributed by atoms with E-state index in [1.165, 1.54) is 19.2 Å². The summed E-state index contributed by atoms with van der Waals surface area (Å²) in [5.74, 6) is -1.49. The lowest BCUT2D eigenvalue weighted by Gasteiger charge is -2.25. The van der Waals surface area contributed by atoms with Gasteiger partial charge in [0, 0.05) is 26.1 Å². The molecule has 0 saturated carbocycles. The fourth-order valence-electron chi connectivity index (χ4n) is 3.20. The first-order valence-electron chi connectivity index (χ1n) is 8.13. The van der Waals surface area contributed by atoms with E-state index in [0.29, 0.717) is 25.8 Å². The Balaban J connectivity index is 1.92. The maximum Gasteiger partial charge on any atom is 0.313 e. The van der Waals surface area contributed by atoms with Gasteiger partial charge in [-0.3, -0.25) is 9.59 Å². The Bertz CT molecular complexity index is 606. The number of methoxy groups -OCH3 is 1. The molecule has 1 amide bonds. The van der Waals surface area contributed by atoms with E-state index in [-0.39, 0.29) is 30.8 Å². The molecule has 0 spiro atoms. The Kier molecular flexibility index (Phi) is 5.94. The number of benzene rings is 1. The highest BCUT2D eigenvalue weighted by Gasteiger charge is 2.46. The van der Waals surface area contributed by atoms with Crippen molar-refractivity contribution in [3.05, 3.63) is 35.6 Å². The second-order valence-corrected chi connectivity index (χ2v) is 6.60. The topological polar surface area (TPSA) is 66.8 Å². The second-order valence-electron chi connectivity index (χ2n) is 6.60. The zero-order valence-corrected chi connectivity index (χ0v) is 14.1. The fourth-order valence-corrected chi connectivity index (χ4v) is 3.20. The van der Waals surface area contributed by atoms with Crippen molar-refractivity contribution in [2.75, 3.05) is 26.8 Å². The molecule has 24 heavy (non-hydrogen) atoms. The summed E-state index contributed by atoms with van der Waals surface area (Å²) in [6.07, 6.45) is 1.61. The molecule has 2 rings (SSSR count). The highest BCUT2D eigenvalue weighted by Crippen LogP contribution is 2.32. The number of aryl methyl sites for hydroxylation is 1. The van der Waals surface area contributed by atoms with Gasteiger partial charge in [-0.1, -0.05) is 19.1 Å². The SMILES string of the molecule is COCC1(C(=O)O)CCN(C(=O)C(C)CCc2cccc(F)c2)C1. The summed E-state index contributed by atoms with van der Waals surface area (Å²) in [7, 11) is 1.47. The van der Waals surface area contributed by atoms with Gasteiger partial charge in [0.15, 0.2) is 0 Å². The van der Waals surface area contributed by atoms with Gasteiger partial charge in [-0.25, -0.2) is 4.39 Å². The maximum atomic E-state index is 13.2. The summed E-state index contributed by atoms with van der Waals surface area (Å²) in [4.78, 5) is 25.7. The molecule has 1 aliphatic rings. The number of hydrogen-bond acceptors (Lipinski definition) is 3. The number of carboxylic acids is 1. The number of ether oxygens (including phenoxy) is 1. The smallest absolute Gasteiger partial charge is 0.313 e. The van der Waals surface area contributed by atoms with Gasteiger partial charge in [0.05, 0.1) is 6.61 Å². The van der Waals surface area contributed by atoms with Crippen molar-refractivity contribution in [1.82, 2.24) is 4.90 Å². The molecule has 5 nitrogen and oxygen atoms in total. The highest BCUT2D eigenvalue weighted by molar-refractivity contribution is 5.82. The van der Waals surface area contributed by atoms with Gasteiger partial charge < -0.3 is 14.7 Å². The van der Waals surface area contributed by atoms with Crippen LogP contribution in [0.1, 0.15) is 25.3 Å². The molecule has 2 unspecified atom stereocenters. The van der Waals surface area contributed by atoms with E-state index in [0.717, 1.165) is 5.56 Å². The van der Waals surface area contributed by atoms with Crippen molar-refractivity contribution in [2.45, 2.75) is 26.2 Å². The normalized spacial score (nSPS) is 21.7. The summed E-state index contributed by atoms with van der Waals surface area (Å²) >= 11 is 0. The molecular weight excluding hydrogens is 313 g/mol. The molecule has 1 heterocycles.